The molecule has 0 bridgehead atoms. The predicted molar refractivity (Wildman–Crippen MR) is 166 cm³/mol. The van der Waals surface area contributed by atoms with Crippen LogP contribution >= 0.6 is 0 Å². The van der Waals surface area contributed by atoms with Crippen molar-refractivity contribution in [1.82, 2.24) is 0 Å². The van der Waals surface area contributed by atoms with Gasteiger partial charge in [-0.3, -0.25) is 4.79 Å². The minimum absolute atomic E-state index is 0.0670. The molecule has 2 heterocycles. The SMILES string of the molecule is CC(=O)OC(C1CCC2C(O1)C(O)C1(C)C3CCC4C(C)(C)C(OC5OCC(O)C(O)C5O)CCC45CC35CCC21C)C(C)(C)O. The van der Waals surface area contributed by atoms with Gasteiger partial charge in [-0.1, -0.05) is 27.7 Å². The van der Waals surface area contributed by atoms with Gasteiger partial charge in [0.25, 0.3) is 0 Å². The second-order valence-electron chi connectivity index (χ2n) is 18.1. The second kappa shape index (κ2) is 10.6. The van der Waals surface area contributed by atoms with Crippen molar-refractivity contribution in [2.75, 3.05) is 6.61 Å². The smallest absolute Gasteiger partial charge is 0.303 e. The molecule has 16 unspecified atom stereocenters. The van der Waals surface area contributed by atoms with Gasteiger partial charge in [0.05, 0.1) is 36.6 Å². The Morgan fingerprint density at radius 1 is 0.891 bits per heavy atom. The van der Waals surface area contributed by atoms with Gasteiger partial charge in [0.2, 0.25) is 0 Å². The van der Waals surface area contributed by atoms with Gasteiger partial charge in [0.1, 0.15) is 18.3 Å². The van der Waals surface area contributed by atoms with E-state index in [1.54, 1.807) is 13.8 Å². The average molecular weight is 651 g/mol. The highest BCUT2D eigenvalue weighted by atomic mass is 16.7. The summed E-state index contributed by atoms with van der Waals surface area (Å²) >= 11 is 0. The van der Waals surface area contributed by atoms with Crippen LogP contribution in [0, 0.1) is 44.8 Å². The summed E-state index contributed by atoms with van der Waals surface area (Å²) in [4.78, 5) is 12.0. The van der Waals surface area contributed by atoms with Crippen LogP contribution in [0.2, 0.25) is 0 Å². The van der Waals surface area contributed by atoms with Gasteiger partial charge in [-0.15, -0.1) is 0 Å². The Labute approximate surface area is 273 Å². The standard InChI is InChI=1S/C36H58O10/c1-18(37)44-29(32(4,5)42)21-9-8-19-27(45-21)28(41)34(7)23-11-10-22-31(2,3)24(46-30-26(40)25(39)20(38)16-43-30)12-13-35(22)17-36(23,35)15-14-33(19,34)6/h19-30,38-42H,8-17H2,1-7H3. The van der Waals surface area contributed by atoms with Gasteiger partial charge < -0.3 is 44.5 Å². The van der Waals surface area contributed by atoms with E-state index in [9.17, 15) is 30.3 Å². The third kappa shape index (κ3) is 4.32. The van der Waals surface area contributed by atoms with Crippen LogP contribution < -0.4 is 0 Å². The summed E-state index contributed by atoms with van der Waals surface area (Å²) in [6, 6.07) is 0. The van der Waals surface area contributed by atoms with Crippen molar-refractivity contribution in [1.29, 1.82) is 0 Å². The third-order valence-corrected chi connectivity index (χ3v) is 15.5. The van der Waals surface area contributed by atoms with Gasteiger partial charge in [0.15, 0.2) is 12.4 Å². The summed E-state index contributed by atoms with van der Waals surface area (Å²) < 4.78 is 24.4. The lowest BCUT2D eigenvalue weighted by Gasteiger charge is -2.63. The van der Waals surface area contributed by atoms with Gasteiger partial charge >= 0.3 is 5.97 Å². The van der Waals surface area contributed by atoms with Gasteiger partial charge in [0, 0.05) is 12.3 Å². The number of ether oxygens (including phenoxy) is 4. The summed E-state index contributed by atoms with van der Waals surface area (Å²) in [5.41, 5.74) is -1.52. The number of esters is 1. The van der Waals surface area contributed by atoms with Crippen LogP contribution in [0.1, 0.15) is 106 Å². The number of carbonyl (C=O) groups is 1. The Morgan fingerprint density at radius 3 is 2.24 bits per heavy atom. The van der Waals surface area contributed by atoms with E-state index < -0.39 is 54.5 Å². The van der Waals surface area contributed by atoms with E-state index in [1.807, 2.05) is 0 Å². The maximum atomic E-state index is 12.4. The Balaban J connectivity index is 1.12. The molecule has 2 aliphatic heterocycles. The molecule has 16 atom stereocenters. The highest BCUT2D eigenvalue weighted by Crippen LogP contribution is 2.89. The van der Waals surface area contributed by atoms with Crippen LogP contribution in [-0.2, 0) is 23.7 Å². The summed E-state index contributed by atoms with van der Waals surface area (Å²) in [7, 11) is 0. The summed E-state index contributed by atoms with van der Waals surface area (Å²) in [5.74, 6) is 0.545. The zero-order valence-corrected chi connectivity index (χ0v) is 28.8. The van der Waals surface area contributed by atoms with Crippen molar-refractivity contribution in [2.45, 2.75) is 167 Å². The van der Waals surface area contributed by atoms with Crippen LogP contribution in [0.5, 0.6) is 0 Å². The first-order valence-electron chi connectivity index (χ1n) is 17.9. The van der Waals surface area contributed by atoms with Crippen LogP contribution in [0.4, 0.5) is 0 Å². The molecule has 0 amide bonds. The monoisotopic (exact) mass is 650 g/mol. The Bertz CT molecular complexity index is 1220. The molecule has 5 N–H and O–H groups in total. The van der Waals surface area contributed by atoms with Crippen molar-refractivity contribution < 1.29 is 49.3 Å². The van der Waals surface area contributed by atoms with E-state index in [0.717, 1.165) is 44.9 Å². The van der Waals surface area contributed by atoms with E-state index >= 15 is 0 Å². The van der Waals surface area contributed by atoms with Crippen LogP contribution in [0.15, 0.2) is 0 Å². The number of aliphatic hydroxyl groups is 5. The first kappa shape index (κ1) is 33.6. The van der Waals surface area contributed by atoms with E-state index in [4.69, 9.17) is 18.9 Å². The van der Waals surface area contributed by atoms with E-state index in [0.29, 0.717) is 18.3 Å². The molecule has 0 aromatic carbocycles. The number of hydrogen-bond acceptors (Lipinski definition) is 10. The normalized spacial score (nSPS) is 54.7. The fourth-order valence-corrected chi connectivity index (χ4v) is 13.2. The van der Waals surface area contributed by atoms with Crippen molar-refractivity contribution in [3.63, 3.8) is 0 Å². The number of carbonyl (C=O) groups excluding carboxylic acids is 1. The van der Waals surface area contributed by atoms with Crippen LogP contribution in [-0.4, -0.2) is 98.8 Å². The summed E-state index contributed by atoms with van der Waals surface area (Å²) in [5, 5.41) is 54.1. The molecule has 0 aromatic heterocycles. The molecule has 0 aromatic rings. The van der Waals surface area contributed by atoms with Crippen molar-refractivity contribution in [2.24, 2.45) is 44.8 Å². The molecule has 7 aliphatic rings. The predicted octanol–water partition coefficient (Wildman–Crippen LogP) is 3.08. The van der Waals surface area contributed by atoms with Crippen LogP contribution in [0.25, 0.3) is 0 Å². The molecular weight excluding hydrogens is 592 g/mol. The van der Waals surface area contributed by atoms with Crippen molar-refractivity contribution in [3.8, 4) is 0 Å². The van der Waals surface area contributed by atoms with E-state index in [1.165, 1.54) is 13.3 Å². The Kier molecular flexibility index (Phi) is 7.74. The van der Waals surface area contributed by atoms with Gasteiger partial charge in [-0.05, 0) is 111 Å². The molecule has 5 saturated carbocycles. The maximum Gasteiger partial charge on any atom is 0.303 e. The molecular formula is C36H58O10. The van der Waals surface area contributed by atoms with Gasteiger partial charge in [-0.25, -0.2) is 0 Å². The maximum absolute atomic E-state index is 12.4. The molecule has 0 radical (unpaired) electrons. The minimum Gasteiger partial charge on any atom is -0.457 e. The number of hydrogen-bond donors (Lipinski definition) is 5. The average Bonchev–Trinajstić information content (AvgIpc) is 3.61. The van der Waals surface area contributed by atoms with Crippen molar-refractivity contribution >= 4 is 5.97 Å². The van der Waals surface area contributed by atoms with E-state index in [-0.39, 0.29) is 51.8 Å². The molecule has 2 spiro atoms. The molecule has 7 fully saturated rings. The van der Waals surface area contributed by atoms with Crippen LogP contribution in [0.3, 0.4) is 0 Å². The highest BCUT2D eigenvalue weighted by molar-refractivity contribution is 5.66. The summed E-state index contributed by atoms with van der Waals surface area (Å²) in [6.07, 6.45) is 1.72. The lowest BCUT2D eigenvalue weighted by Crippen LogP contribution is -2.61. The lowest BCUT2D eigenvalue weighted by atomic mass is 9.41. The molecule has 10 nitrogen and oxygen atoms in total. The first-order chi connectivity index (χ1) is 21.3. The topological polar surface area (TPSA) is 155 Å². The first-order valence-corrected chi connectivity index (χ1v) is 17.9. The quantitative estimate of drug-likeness (QED) is 0.222. The van der Waals surface area contributed by atoms with Crippen molar-refractivity contribution in [3.05, 3.63) is 0 Å². The fourth-order valence-electron chi connectivity index (χ4n) is 13.2. The lowest BCUT2D eigenvalue weighted by molar-refractivity contribution is -0.303. The van der Waals surface area contributed by atoms with Gasteiger partial charge in [-0.2, -0.15) is 0 Å². The third-order valence-electron chi connectivity index (χ3n) is 15.5. The summed E-state index contributed by atoms with van der Waals surface area (Å²) in [6.45, 7) is 13.9. The largest absolute Gasteiger partial charge is 0.457 e. The van der Waals surface area contributed by atoms with E-state index in [2.05, 4.69) is 27.7 Å². The Morgan fingerprint density at radius 2 is 1.57 bits per heavy atom. The fraction of sp³-hybridized carbons (Fsp3) is 0.972. The molecule has 10 heteroatoms. The molecule has 7 rings (SSSR count). The minimum atomic E-state index is -1.30. The highest BCUT2D eigenvalue weighted by Gasteiger charge is 2.84. The molecule has 2 saturated heterocycles. The molecule has 5 aliphatic carbocycles. The molecule has 262 valence electrons. The zero-order chi connectivity index (χ0) is 33.4. The second-order valence-corrected chi connectivity index (χ2v) is 18.1. The number of rotatable bonds is 5. The Hall–Kier alpha value is -0.850. The number of aliphatic hydroxyl groups excluding tert-OH is 4. The number of fused-ring (bicyclic) bond motifs is 4. The molecule has 46 heavy (non-hydrogen) atoms. The zero-order valence-electron chi connectivity index (χ0n) is 28.8.